The Morgan fingerprint density at radius 1 is 0.825 bits per heavy atom. The Kier molecular flexibility index (Phi) is 10.5. The van der Waals surface area contributed by atoms with Crippen LogP contribution in [0.15, 0.2) is 73.1 Å². The highest BCUT2D eigenvalue weighted by Gasteiger charge is 2.41. The van der Waals surface area contributed by atoms with Gasteiger partial charge in [0, 0.05) is 18.4 Å². The molecule has 0 aliphatic carbocycles. The fourth-order valence-electron chi connectivity index (χ4n) is 4.13. The van der Waals surface area contributed by atoms with Crippen LogP contribution >= 0.6 is 0 Å². The van der Waals surface area contributed by atoms with Crippen LogP contribution in [0.4, 0.5) is 0 Å². The normalized spacial score (nSPS) is 16.1. The number of hydrogen-bond donors (Lipinski definition) is 2. The van der Waals surface area contributed by atoms with E-state index in [2.05, 4.69) is 23.0 Å². The molecule has 10 nitrogen and oxygen atoms in total. The lowest BCUT2D eigenvalue weighted by Crippen LogP contribution is -2.45. The quantitative estimate of drug-likeness (QED) is 0.395. The number of aliphatic carboxylic acids is 2. The highest BCUT2D eigenvalue weighted by atomic mass is 16.6. The lowest BCUT2D eigenvalue weighted by atomic mass is 10.1. The number of carbonyl (C=O) groups is 4. The molecule has 0 saturated carbocycles. The van der Waals surface area contributed by atoms with Gasteiger partial charge in [-0.15, -0.1) is 0 Å². The molecule has 2 aromatic carbocycles. The number of aromatic nitrogens is 1. The SMILES string of the molecule is CN1CCC[C@@H]1c1cccnc1.Cc1ccc(C(=O)OC(C(=O)O)C(OC(=O)c2ccc(C)cc2)C(=O)O)cc1. The monoisotopic (exact) mass is 548 g/mol. The van der Waals surface area contributed by atoms with E-state index in [0.717, 1.165) is 11.1 Å². The van der Waals surface area contributed by atoms with Gasteiger partial charge >= 0.3 is 23.9 Å². The lowest BCUT2D eigenvalue weighted by molar-refractivity contribution is -0.166. The zero-order valence-corrected chi connectivity index (χ0v) is 22.5. The van der Waals surface area contributed by atoms with E-state index < -0.39 is 36.1 Å². The van der Waals surface area contributed by atoms with Crippen molar-refractivity contribution in [3.05, 3.63) is 101 Å². The molecule has 2 N–H and O–H groups in total. The average Bonchev–Trinajstić information content (AvgIpc) is 3.37. The van der Waals surface area contributed by atoms with Gasteiger partial charge in [0.2, 0.25) is 12.2 Å². The first-order valence-corrected chi connectivity index (χ1v) is 12.7. The Hall–Kier alpha value is -4.57. The van der Waals surface area contributed by atoms with Gasteiger partial charge in [-0.25, -0.2) is 19.2 Å². The van der Waals surface area contributed by atoms with Crippen molar-refractivity contribution in [2.24, 2.45) is 0 Å². The summed E-state index contributed by atoms with van der Waals surface area (Å²) in [4.78, 5) is 53.9. The molecule has 0 radical (unpaired) electrons. The summed E-state index contributed by atoms with van der Waals surface area (Å²) in [5.74, 6) is -5.62. The standard InChI is InChI=1S/C20H18O8.C10H14N2/c1-11-3-7-13(8-4-11)19(25)27-15(17(21)22)16(18(23)24)28-20(26)14-9-5-12(2)6-10-14;1-12-7-3-5-10(12)9-4-2-6-11-8-9/h3-10,15-16H,1-2H3,(H,21,22)(H,23,24);2,4,6,8,10H,3,5,7H2,1H3/t;10-/m.1/s1. The Labute approximate surface area is 232 Å². The van der Waals surface area contributed by atoms with Gasteiger partial charge in [0.05, 0.1) is 11.1 Å². The van der Waals surface area contributed by atoms with Crippen LogP contribution in [-0.4, -0.2) is 69.8 Å². The van der Waals surface area contributed by atoms with Gasteiger partial charge in [0.25, 0.3) is 0 Å². The summed E-state index contributed by atoms with van der Waals surface area (Å²) in [6.45, 7) is 4.81. The van der Waals surface area contributed by atoms with Crippen LogP contribution in [0.25, 0.3) is 0 Å². The maximum Gasteiger partial charge on any atom is 0.349 e. The molecule has 0 spiro atoms. The minimum atomic E-state index is -2.22. The van der Waals surface area contributed by atoms with E-state index in [-0.39, 0.29) is 11.1 Å². The lowest BCUT2D eigenvalue weighted by Gasteiger charge is -2.21. The second-order valence-electron chi connectivity index (χ2n) is 9.49. The zero-order chi connectivity index (χ0) is 29.2. The first kappa shape index (κ1) is 30.0. The number of hydrogen-bond acceptors (Lipinski definition) is 8. The maximum absolute atomic E-state index is 12.2. The summed E-state index contributed by atoms with van der Waals surface area (Å²) < 4.78 is 9.64. The third kappa shape index (κ3) is 8.21. The van der Waals surface area contributed by atoms with Crippen molar-refractivity contribution in [2.75, 3.05) is 13.6 Å². The third-order valence-corrected chi connectivity index (χ3v) is 6.39. The number of ether oxygens (including phenoxy) is 2. The second kappa shape index (κ2) is 14.0. The third-order valence-electron chi connectivity index (χ3n) is 6.39. The molecular formula is C30H32N2O8. The summed E-state index contributed by atoms with van der Waals surface area (Å²) >= 11 is 0. The highest BCUT2D eigenvalue weighted by Crippen LogP contribution is 2.29. The molecule has 40 heavy (non-hydrogen) atoms. The van der Waals surface area contributed by atoms with Crippen molar-refractivity contribution in [2.45, 2.75) is 44.9 Å². The Morgan fingerprint density at radius 2 is 1.30 bits per heavy atom. The zero-order valence-electron chi connectivity index (χ0n) is 22.5. The van der Waals surface area contributed by atoms with Crippen LogP contribution in [0.3, 0.4) is 0 Å². The Balaban J connectivity index is 0.000000302. The fourth-order valence-corrected chi connectivity index (χ4v) is 4.13. The van der Waals surface area contributed by atoms with Crippen LogP contribution in [0, 0.1) is 13.8 Å². The minimum Gasteiger partial charge on any atom is -0.478 e. The predicted octanol–water partition coefficient (Wildman–Crippen LogP) is 4.07. The van der Waals surface area contributed by atoms with Crippen molar-refractivity contribution < 1.29 is 38.9 Å². The van der Waals surface area contributed by atoms with Gasteiger partial charge in [-0.05, 0) is 76.2 Å². The number of nitrogens with zero attached hydrogens (tertiary/aromatic N) is 2. The predicted molar refractivity (Wildman–Crippen MR) is 145 cm³/mol. The largest absolute Gasteiger partial charge is 0.478 e. The number of pyridine rings is 1. The Bertz CT molecular complexity index is 1230. The van der Waals surface area contributed by atoms with E-state index in [0.29, 0.717) is 6.04 Å². The summed E-state index contributed by atoms with van der Waals surface area (Å²) in [5, 5.41) is 18.6. The van der Waals surface area contributed by atoms with Gasteiger partial charge in [0.1, 0.15) is 0 Å². The number of carbonyl (C=O) groups excluding carboxylic acids is 2. The van der Waals surface area contributed by atoms with E-state index in [1.807, 2.05) is 18.5 Å². The van der Waals surface area contributed by atoms with Crippen molar-refractivity contribution in [3.8, 4) is 0 Å². The van der Waals surface area contributed by atoms with Crippen molar-refractivity contribution in [1.82, 2.24) is 9.88 Å². The number of aryl methyl sites for hydroxylation is 2. The maximum atomic E-state index is 12.2. The smallest absolute Gasteiger partial charge is 0.349 e. The number of likely N-dealkylation sites (tertiary alicyclic amines) is 1. The van der Waals surface area contributed by atoms with E-state index in [1.165, 1.54) is 49.2 Å². The summed E-state index contributed by atoms with van der Waals surface area (Å²) in [6, 6.07) is 16.9. The number of benzene rings is 2. The number of esters is 2. The molecule has 1 fully saturated rings. The first-order valence-electron chi connectivity index (χ1n) is 12.7. The van der Waals surface area contributed by atoms with Crippen molar-refractivity contribution >= 4 is 23.9 Å². The van der Waals surface area contributed by atoms with Gasteiger partial charge in [0.15, 0.2) is 0 Å². The molecule has 210 valence electrons. The van der Waals surface area contributed by atoms with Crippen molar-refractivity contribution in [1.29, 1.82) is 0 Å². The van der Waals surface area contributed by atoms with Gasteiger partial charge in [-0.2, -0.15) is 0 Å². The topological polar surface area (TPSA) is 143 Å². The minimum absolute atomic E-state index is 0.0332. The molecule has 4 rings (SSSR count). The number of carboxylic acid groups (broad SMARTS) is 2. The van der Waals surface area contributed by atoms with Crippen LogP contribution in [0.1, 0.15) is 56.3 Å². The number of rotatable bonds is 8. The summed E-state index contributed by atoms with van der Waals surface area (Å²) in [5.41, 5.74) is 3.15. The van der Waals surface area contributed by atoms with Gasteiger partial charge < -0.3 is 19.7 Å². The molecule has 1 aromatic heterocycles. The summed E-state index contributed by atoms with van der Waals surface area (Å²) in [6.07, 6.45) is 1.96. The molecule has 2 unspecified atom stereocenters. The molecule has 2 heterocycles. The number of carboxylic acids is 2. The average molecular weight is 549 g/mol. The van der Waals surface area contributed by atoms with Gasteiger partial charge in [-0.3, -0.25) is 9.88 Å². The van der Waals surface area contributed by atoms with Crippen molar-refractivity contribution in [3.63, 3.8) is 0 Å². The molecule has 1 saturated heterocycles. The molecule has 1 aliphatic rings. The summed E-state index contributed by atoms with van der Waals surface area (Å²) in [7, 11) is 2.19. The van der Waals surface area contributed by atoms with Crippen LogP contribution in [0.5, 0.6) is 0 Å². The molecule has 10 heteroatoms. The first-order chi connectivity index (χ1) is 19.1. The van der Waals surface area contributed by atoms with Gasteiger partial charge in [-0.1, -0.05) is 41.5 Å². The van der Waals surface area contributed by atoms with E-state index in [4.69, 9.17) is 9.47 Å². The molecular weight excluding hydrogens is 516 g/mol. The van der Waals surface area contributed by atoms with E-state index in [9.17, 15) is 29.4 Å². The molecule has 1 aliphatic heterocycles. The molecule has 3 aromatic rings. The fraction of sp³-hybridized carbons (Fsp3) is 0.300. The molecule has 3 atom stereocenters. The van der Waals surface area contributed by atoms with Crippen LogP contribution < -0.4 is 0 Å². The van der Waals surface area contributed by atoms with Crippen LogP contribution in [-0.2, 0) is 19.1 Å². The Morgan fingerprint density at radius 3 is 1.65 bits per heavy atom. The van der Waals surface area contributed by atoms with E-state index >= 15 is 0 Å². The molecule has 0 bridgehead atoms. The van der Waals surface area contributed by atoms with Crippen LogP contribution in [0.2, 0.25) is 0 Å². The highest BCUT2D eigenvalue weighted by molar-refractivity contribution is 5.95. The second-order valence-corrected chi connectivity index (χ2v) is 9.49. The van der Waals surface area contributed by atoms with E-state index in [1.54, 1.807) is 38.1 Å². The molecule has 0 amide bonds.